The Kier molecular flexibility index (Phi) is 7.08. The van der Waals surface area contributed by atoms with Crippen molar-refractivity contribution in [2.45, 2.75) is 31.7 Å². The molecule has 34 heavy (non-hydrogen) atoms. The molecule has 2 fully saturated rings. The molecular formula is C24H33N7O3. The van der Waals surface area contributed by atoms with Gasteiger partial charge in [-0.25, -0.2) is 4.79 Å². The van der Waals surface area contributed by atoms with E-state index in [1.54, 1.807) is 29.0 Å². The second kappa shape index (κ2) is 10.5. The van der Waals surface area contributed by atoms with Crippen LogP contribution >= 0.6 is 0 Å². The van der Waals surface area contributed by atoms with E-state index in [0.29, 0.717) is 35.1 Å². The summed E-state index contributed by atoms with van der Waals surface area (Å²) >= 11 is 0. The van der Waals surface area contributed by atoms with Crippen molar-refractivity contribution in [1.29, 1.82) is 0 Å². The van der Waals surface area contributed by atoms with Gasteiger partial charge < -0.3 is 30.9 Å². The van der Waals surface area contributed by atoms with Crippen molar-refractivity contribution in [3.8, 4) is 11.5 Å². The normalized spacial score (nSPS) is 20.3. The maximum absolute atomic E-state index is 12.7. The molecule has 0 spiro atoms. The van der Waals surface area contributed by atoms with Gasteiger partial charge in [0.25, 0.3) is 5.91 Å². The SMILES string of the molecule is O=C(NCCCN1CCNCC1)c1ccc2c(c1)Nc1nc(=O)n(C3CCCNCC3)cc1O2. The number of amides is 1. The summed E-state index contributed by atoms with van der Waals surface area (Å²) in [5, 5.41) is 12.9. The number of carbonyl (C=O) groups is 1. The van der Waals surface area contributed by atoms with Gasteiger partial charge in [-0.15, -0.1) is 0 Å². The molecule has 1 aromatic carbocycles. The molecule has 3 aliphatic rings. The number of hydrogen-bond acceptors (Lipinski definition) is 8. The fraction of sp³-hybridized carbons (Fsp3) is 0.542. The first-order valence-electron chi connectivity index (χ1n) is 12.3. The van der Waals surface area contributed by atoms with Crippen molar-refractivity contribution >= 4 is 17.4 Å². The van der Waals surface area contributed by atoms with Gasteiger partial charge in [0.05, 0.1) is 11.9 Å². The van der Waals surface area contributed by atoms with Crippen molar-refractivity contribution in [2.75, 3.05) is 57.7 Å². The quantitative estimate of drug-likeness (QED) is 0.403. The summed E-state index contributed by atoms with van der Waals surface area (Å²) in [6.07, 6.45) is 5.52. The molecule has 1 aromatic heterocycles. The zero-order valence-corrected chi connectivity index (χ0v) is 19.4. The van der Waals surface area contributed by atoms with Crippen molar-refractivity contribution in [2.24, 2.45) is 0 Å². The van der Waals surface area contributed by atoms with E-state index in [1.165, 1.54) is 0 Å². The lowest BCUT2D eigenvalue weighted by Crippen LogP contribution is -2.44. The van der Waals surface area contributed by atoms with E-state index in [1.807, 2.05) is 0 Å². The Morgan fingerprint density at radius 2 is 1.97 bits per heavy atom. The van der Waals surface area contributed by atoms with Gasteiger partial charge in [-0.05, 0) is 63.5 Å². The first-order valence-corrected chi connectivity index (χ1v) is 12.3. The molecule has 0 bridgehead atoms. The minimum absolute atomic E-state index is 0.114. The Hall–Kier alpha value is -2.95. The maximum atomic E-state index is 12.7. The van der Waals surface area contributed by atoms with E-state index in [2.05, 4.69) is 31.2 Å². The molecule has 3 aliphatic heterocycles. The highest BCUT2D eigenvalue weighted by molar-refractivity contribution is 5.96. The number of fused-ring (bicyclic) bond motifs is 2. The third-order valence-corrected chi connectivity index (χ3v) is 6.72. The molecule has 10 nitrogen and oxygen atoms in total. The third-order valence-electron chi connectivity index (χ3n) is 6.72. The van der Waals surface area contributed by atoms with Gasteiger partial charge in [0.15, 0.2) is 17.3 Å². The molecular weight excluding hydrogens is 434 g/mol. The van der Waals surface area contributed by atoms with E-state index >= 15 is 0 Å². The van der Waals surface area contributed by atoms with Crippen LogP contribution in [0.25, 0.3) is 0 Å². The van der Waals surface area contributed by atoms with E-state index < -0.39 is 0 Å². The summed E-state index contributed by atoms with van der Waals surface area (Å²) in [7, 11) is 0. The minimum Gasteiger partial charge on any atom is -0.450 e. The molecule has 0 aliphatic carbocycles. The van der Waals surface area contributed by atoms with Crippen LogP contribution < -0.4 is 31.7 Å². The van der Waals surface area contributed by atoms with Crippen LogP contribution in [0.4, 0.5) is 11.5 Å². The average Bonchev–Trinajstić information content (AvgIpc) is 3.15. The van der Waals surface area contributed by atoms with Crippen LogP contribution in [0, 0.1) is 0 Å². The second-order valence-electron chi connectivity index (χ2n) is 9.12. The predicted octanol–water partition coefficient (Wildman–Crippen LogP) is 1.43. The van der Waals surface area contributed by atoms with Crippen LogP contribution in [0.15, 0.2) is 29.2 Å². The topological polar surface area (TPSA) is 113 Å². The molecule has 0 radical (unpaired) electrons. The first kappa shape index (κ1) is 22.8. The van der Waals surface area contributed by atoms with Crippen molar-refractivity contribution in [1.82, 2.24) is 30.4 Å². The highest BCUT2D eigenvalue weighted by atomic mass is 16.5. The Morgan fingerprint density at radius 1 is 1.12 bits per heavy atom. The van der Waals surface area contributed by atoms with E-state index in [-0.39, 0.29) is 17.6 Å². The number of benzene rings is 1. The number of carbonyl (C=O) groups excluding carboxylic acids is 1. The van der Waals surface area contributed by atoms with Gasteiger partial charge in [-0.1, -0.05) is 0 Å². The Morgan fingerprint density at radius 3 is 2.85 bits per heavy atom. The summed E-state index contributed by atoms with van der Waals surface area (Å²) in [5.41, 5.74) is 0.882. The van der Waals surface area contributed by atoms with Gasteiger partial charge in [0.2, 0.25) is 0 Å². The maximum Gasteiger partial charge on any atom is 0.350 e. The largest absolute Gasteiger partial charge is 0.450 e. The summed E-state index contributed by atoms with van der Waals surface area (Å²) in [6.45, 7) is 7.65. The minimum atomic E-state index is -0.288. The highest BCUT2D eigenvalue weighted by Crippen LogP contribution is 2.40. The van der Waals surface area contributed by atoms with E-state index in [0.717, 1.165) is 71.5 Å². The standard InChI is InChI=1S/C24H33N7O3/c32-23(27-8-2-12-30-13-10-26-11-14-30)17-4-5-20-19(15-17)28-22-21(34-20)16-31(24(33)29-22)18-3-1-7-25-9-6-18/h4-5,15-16,18,25-26H,1-3,6-14H2,(H,27,32)(H,28,29,33). The van der Waals surface area contributed by atoms with Gasteiger partial charge in [0, 0.05) is 44.3 Å². The van der Waals surface area contributed by atoms with Crippen LogP contribution in [-0.4, -0.2) is 72.7 Å². The lowest BCUT2D eigenvalue weighted by molar-refractivity contribution is 0.0951. The number of nitrogens with zero attached hydrogens (tertiary/aromatic N) is 3. The number of ether oxygens (including phenoxy) is 1. The lowest BCUT2D eigenvalue weighted by atomic mass is 10.1. The first-order chi connectivity index (χ1) is 16.7. The zero-order chi connectivity index (χ0) is 23.3. The average molecular weight is 468 g/mol. The summed E-state index contributed by atoms with van der Waals surface area (Å²) in [4.78, 5) is 32.0. The molecule has 4 heterocycles. The van der Waals surface area contributed by atoms with Crippen molar-refractivity contribution in [3.05, 3.63) is 40.4 Å². The van der Waals surface area contributed by atoms with Crippen LogP contribution in [0.5, 0.6) is 11.5 Å². The number of nitrogens with one attached hydrogen (secondary N) is 4. The van der Waals surface area contributed by atoms with Crippen molar-refractivity contribution in [3.63, 3.8) is 0 Å². The zero-order valence-electron chi connectivity index (χ0n) is 19.4. The third kappa shape index (κ3) is 5.24. The second-order valence-corrected chi connectivity index (χ2v) is 9.12. The Bertz CT molecular complexity index is 1070. The molecule has 1 amide bonds. The number of piperazine rings is 1. The number of rotatable bonds is 6. The fourth-order valence-corrected chi connectivity index (χ4v) is 4.80. The molecule has 2 saturated heterocycles. The van der Waals surface area contributed by atoms with Gasteiger partial charge in [0.1, 0.15) is 0 Å². The van der Waals surface area contributed by atoms with Gasteiger partial charge in [-0.3, -0.25) is 9.36 Å². The Labute approximate surface area is 199 Å². The number of hydrogen-bond donors (Lipinski definition) is 4. The molecule has 0 saturated carbocycles. The lowest BCUT2D eigenvalue weighted by Gasteiger charge is -2.27. The number of anilines is 2. The molecule has 10 heteroatoms. The number of aromatic nitrogens is 2. The summed E-state index contributed by atoms with van der Waals surface area (Å²) in [5.74, 6) is 1.39. The predicted molar refractivity (Wildman–Crippen MR) is 130 cm³/mol. The summed E-state index contributed by atoms with van der Waals surface area (Å²) in [6, 6.07) is 5.40. The van der Waals surface area contributed by atoms with Crippen LogP contribution in [-0.2, 0) is 0 Å². The molecule has 2 aromatic rings. The highest BCUT2D eigenvalue weighted by Gasteiger charge is 2.23. The molecule has 4 N–H and O–H groups in total. The fourth-order valence-electron chi connectivity index (χ4n) is 4.80. The molecule has 5 rings (SSSR count). The van der Waals surface area contributed by atoms with Gasteiger partial charge >= 0.3 is 5.69 Å². The van der Waals surface area contributed by atoms with Crippen LogP contribution in [0.2, 0.25) is 0 Å². The Balaban J connectivity index is 1.21. The van der Waals surface area contributed by atoms with E-state index in [9.17, 15) is 9.59 Å². The van der Waals surface area contributed by atoms with E-state index in [4.69, 9.17) is 4.74 Å². The monoisotopic (exact) mass is 467 g/mol. The summed E-state index contributed by atoms with van der Waals surface area (Å²) < 4.78 is 7.75. The smallest absolute Gasteiger partial charge is 0.350 e. The van der Waals surface area contributed by atoms with Gasteiger partial charge in [-0.2, -0.15) is 4.98 Å². The molecule has 1 atom stereocenters. The van der Waals surface area contributed by atoms with Crippen LogP contribution in [0.3, 0.4) is 0 Å². The molecule has 182 valence electrons. The van der Waals surface area contributed by atoms with Crippen LogP contribution in [0.1, 0.15) is 42.1 Å². The molecule has 1 unspecified atom stereocenters. The van der Waals surface area contributed by atoms with Crippen molar-refractivity contribution < 1.29 is 9.53 Å².